The molecule has 2 rings (SSSR count). The number of nitrogens with one attached hydrogen (secondary N) is 1. The molecule has 0 radical (unpaired) electrons. The summed E-state index contributed by atoms with van der Waals surface area (Å²) in [6.45, 7) is 1.85. The van der Waals surface area contributed by atoms with E-state index >= 15 is 0 Å². The van der Waals surface area contributed by atoms with E-state index in [2.05, 4.69) is 32.9 Å². The average molecular weight is 368 g/mol. The van der Waals surface area contributed by atoms with E-state index < -0.39 is 0 Å². The minimum atomic E-state index is -0.311. The second kappa shape index (κ2) is 6.01. The summed E-state index contributed by atoms with van der Waals surface area (Å²) >= 11 is 2.10. The van der Waals surface area contributed by atoms with Crippen LogP contribution in [0, 0.1) is 3.57 Å². The Morgan fingerprint density at radius 1 is 1.37 bits per heavy atom. The van der Waals surface area contributed by atoms with Crippen molar-refractivity contribution in [3.05, 3.63) is 57.4 Å². The zero-order valence-corrected chi connectivity index (χ0v) is 12.5. The predicted octanol–water partition coefficient (Wildman–Crippen LogP) is 2.88. The Morgan fingerprint density at radius 2 is 2.16 bits per heavy atom. The monoisotopic (exact) mass is 368 g/mol. The van der Waals surface area contributed by atoms with Crippen molar-refractivity contribution in [3.63, 3.8) is 0 Å². The molecule has 2 aromatic rings. The number of aromatic hydroxyl groups is 1. The fourth-order valence-electron chi connectivity index (χ4n) is 1.67. The van der Waals surface area contributed by atoms with Crippen LogP contribution in [0.15, 0.2) is 42.6 Å². The van der Waals surface area contributed by atoms with Gasteiger partial charge in [0.1, 0.15) is 5.75 Å². The Kier molecular flexibility index (Phi) is 4.36. The molecule has 4 nitrogen and oxygen atoms in total. The molecule has 19 heavy (non-hydrogen) atoms. The number of phenolic OH excluding ortho intramolecular Hbond substituents is 1. The fourth-order valence-corrected chi connectivity index (χ4v) is 2.16. The predicted molar refractivity (Wildman–Crippen MR) is 80.9 cm³/mol. The van der Waals surface area contributed by atoms with Gasteiger partial charge in [-0.2, -0.15) is 0 Å². The highest BCUT2D eigenvalue weighted by atomic mass is 127. The van der Waals surface area contributed by atoms with Crippen LogP contribution in [0.4, 0.5) is 0 Å². The second-order valence-corrected chi connectivity index (χ2v) is 5.36. The van der Waals surface area contributed by atoms with E-state index in [1.54, 1.807) is 18.3 Å². The zero-order valence-electron chi connectivity index (χ0n) is 10.3. The molecular formula is C14H13IN2O2. The van der Waals surface area contributed by atoms with E-state index in [-0.39, 0.29) is 23.3 Å². The Bertz CT molecular complexity index is 587. The van der Waals surface area contributed by atoms with Crippen LogP contribution in [0.2, 0.25) is 0 Å². The number of benzene rings is 1. The molecule has 5 heteroatoms. The first-order valence-corrected chi connectivity index (χ1v) is 6.86. The smallest absolute Gasteiger partial charge is 0.255 e. The highest BCUT2D eigenvalue weighted by molar-refractivity contribution is 14.1. The molecule has 1 unspecified atom stereocenters. The lowest BCUT2D eigenvalue weighted by Crippen LogP contribution is -2.27. The van der Waals surface area contributed by atoms with Crippen molar-refractivity contribution < 1.29 is 9.90 Å². The highest BCUT2D eigenvalue weighted by Crippen LogP contribution is 2.20. The number of hydrogen-bond donors (Lipinski definition) is 2. The first-order chi connectivity index (χ1) is 9.08. The minimum Gasteiger partial charge on any atom is -0.507 e. The van der Waals surface area contributed by atoms with Gasteiger partial charge in [-0.05, 0) is 59.8 Å². The van der Waals surface area contributed by atoms with Crippen LogP contribution in [0.1, 0.15) is 29.0 Å². The first kappa shape index (κ1) is 13.8. The molecule has 0 fully saturated rings. The normalized spacial score (nSPS) is 11.9. The van der Waals surface area contributed by atoms with Gasteiger partial charge in [0.25, 0.3) is 5.91 Å². The first-order valence-electron chi connectivity index (χ1n) is 5.78. The Balaban J connectivity index is 2.15. The van der Waals surface area contributed by atoms with Gasteiger partial charge in [-0.15, -0.1) is 0 Å². The van der Waals surface area contributed by atoms with Crippen molar-refractivity contribution >= 4 is 28.5 Å². The number of carbonyl (C=O) groups excluding carboxylic acids is 1. The summed E-state index contributed by atoms with van der Waals surface area (Å²) in [6, 6.07) is 10.2. The Hall–Kier alpha value is -1.63. The maximum Gasteiger partial charge on any atom is 0.255 e. The lowest BCUT2D eigenvalue weighted by atomic mass is 10.1. The molecule has 1 amide bonds. The van der Waals surface area contributed by atoms with Gasteiger partial charge in [0.15, 0.2) is 0 Å². The number of rotatable bonds is 3. The molecule has 0 aliphatic rings. The molecule has 0 spiro atoms. The third kappa shape index (κ3) is 3.44. The van der Waals surface area contributed by atoms with Crippen molar-refractivity contribution in [1.29, 1.82) is 0 Å². The molecule has 2 N–H and O–H groups in total. The Morgan fingerprint density at radius 3 is 2.84 bits per heavy atom. The maximum absolute atomic E-state index is 12.1. The molecule has 1 aromatic heterocycles. The summed E-state index contributed by atoms with van der Waals surface area (Å²) < 4.78 is 0.894. The molecule has 0 aliphatic carbocycles. The highest BCUT2D eigenvalue weighted by Gasteiger charge is 2.15. The molecule has 1 atom stereocenters. The van der Waals surface area contributed by atoms with Gasteiger partial charge in [0, 0.05) is 9.77 Å². The summed E-state index contributed by atoms with van der Waals surface area (Å²) in [4.78, 5) is 16.3. The summed E-state index contributed by atoms with van der Waals surface area (Å²) in [5, 5.41) is 12.5. The topological polar surface area (TPSA) is 62.2 Å². The number of hydrogen-bond acceptors (Lipinski definition) is 3. The van der Waals surface area contributed by atoms with E-state index in [4.69, 9.17) is 0 Å². The van der Waals surface area contributed by atoms with Crippen molar-refractivity contribution in [2.45, 2.75) is 13.0 Å². The van der Waals surface area contributed by atoms with E-state index in [9.17, 15) is 9.90 Å². The second-order valence-electron chi connectivity index (χ2n) is 4.11. The van der Waals surface area contributed by atoms with Gasteiger partial charge in [-0.3, -0.25) is 9.78 Å². The maximum atomic E-state index is 12.1. The standard InChI is InChI=1S/C14H13IN2O2/c1-9(12-4-2-3-7-16-12)17-14(19)11-8-10(15)5-6-13(11)18/h2-9,18H,1H3,(H,17,19). The summed E-state index contributed by atoms with van der Waals surface area (Å²) in [7, 11) is 0. The van der Waals surface area contributed by atoms with Crippen molar-refractivity contribution in [2.24, 2.45) is 0 Å². The fraction of sp³-hybridized carbons (Fsp3) is 0.143. The average Bonchev–Trinajstić information content (AvgIpc) is 2.42. The number of halogens is 1. The quantitative estimate of drug-likeness (QED) is 0.820. The summed E-state index contributed by atoms with van der Waals surface area (Å²) in [6.07, 6.45) is 1.68. The largest absolute Gasteiger partial charge is 0.507 e. The van der Waals surface area contributed by atoms with Crippen molar-refractivity contribution in [2.75, 3.05) is 0 Å². The molecule has 0 saturated carbocycles. The van der Waals surface area contributed by atoms with Crippen LogP contribution in [0.25, 0.3) is 0 Å². The van der Waals surface area contributed by atoms with E-state index in [1.807, 2.05) is 25.1 Å². The van der Waals surface area contributed by atoms with Gasteiger partial charge < -0.3 is 10.4 Å². The number of pyridine rings is 1. The number of phenols is 1. The van der Waals surface area contributed by atoms with Crippen LogP contribution < -0.4 is 5.32 Å². The van der Waals surface area contributed by atoms with Crippen LogP contribution in [0.5, 0.6) is 5.75 Å². The van der Waals surface area contributed by atoms with E-state index in [0.717, 1.165) is 9.26 Å². The Labute approximate surface area is 125 Å². The van der Waals surface area contributed by atoms with Crippen LogP contribution in [-0.4, -0.2) is 16.0 Å². The van der Waals surface area contributed by atoms with Gasteiger partial charge in [-0.25, -0.2) is 0 Å². The molecule has 0 aliphatic heterocycles. The van der Waals surface area contributed by atoms with E-state index in [1.165, 1.54) is 6.07 Å². The third-order valence-electron chi connectivity index (χ3n) is 2.68. The van der Waals surface area contributed by atoms with Crippen molar-refractivity contribution in [1.82, 2.24) is 10.3 Å². The van der Waals surface area contributed by atoms with Crippen LogP contribution in [-0.2, 0) is 0 Å². The SMILES string of the molecule is CC(NC(=O)c1cc(I)ccc1O)c1ccccn1. The zero-order chi connectivity index (χ0) is 13.8. The number of nitrogens with zero attached hydrogens (tertiary/aromatic N) is 1. The molecule has 0 saturated heterocycles. The molecule has 0 bridgehead atoms. The number of amides is 1. The van der Waals surface area contributed by atoms with Gasteiger partial charge >= 0.3 is 0 Å². The van der Waals surface area contributed by atoms with Gasteiger partial charge in [0.05, 0.1) is 17.3 Å². The number of aromatic nitrogens is 1. The number of carbonyl (C=O) groups is 1. The minimum absolute atomic E-state index is 0.0221. The van der Waals surface area contributed by atoms with Gasteiger partial charge in [-0.1, -0.05) is 6.07 Å². The lowest BCUT2D eigenvalue weighted by molar-refractivity contribution is 0.0936. The molecule has 98 valence electrons. The van der Waals surface area contributed by atoms with E-state index in [0.29, 0.717) is 0 Å². The molecular weight excluding hydrogens is 355 g/mol. The van der Waals surface area contributed by atoms with Crippen molar-refractivity contribution in [3.8, 4) is 5.75 Å². The molecule has 1 aromatic carbocycles. The molecule has 1 heterocycles. The lowest BCUT2D eigenvalue weighted by Gasteiger charge is -2.14. The van der Waals surface area contributed by atoms with Crippen LogP contribution >= 0.6 is 22.6 Å². The third-order valence-corrected chi connectivity index (χ3v) is 3.35. The van der Waals surface area contributed by atoms with Gasteiger partial charge in [0.2, 0.25) is 0 Å². The summed E-state index contributed by atoms with van der Waals surface area (Å²) in [5.74, 6) is -0.333. The summed E-state index contributed by atoms with van der Waals surface area (Å²) in [5.41, 5.74) is 1.05. The van der Waals surface area contributed by atoms with Crippen LogP contribution in [0.3, 0.4) is 0 Å².